The highest BCUT2D eigenvalue weighted by Gasteiger charge is 2.02. The minimum absolute atomic E-state index is 0.641. The van der Waals surface area contributed by atoms with Crippen LogP contribution in [0.5, 0.6) is 0 Å². The molecule has 0 aliphatic carbocycles. The molecule has 0 radical (unpaired) electrons. The van der Waals surface area contributed by atoms with Crippen molar-refractivity contribution in [1.82, 2.24) is 9.97 Å². The molecule has 1 heterocycles. The van der Waals surface area contributed by atoms with Crippen molar-refractivity contribution in [3.05, 3.63) is 45.1 Å². The number of H-pyrrole nitrogens is 1. The number of aromatic amines is 1. The Morgan fingerprint density at radius 1 is 1.35 bits per heavy atom. The third-order valence-corrected chi connectivity index (χ3v) is 3.12. The van der Waals surface area contributed by atoms with Crippen LogP contribution >= 0.6 is 28.1 Å². The molecule has 2 rings (SSSR count). The summed E-state index contributed by atoms with van der Waals surface area (Å²) in [6.45, 7) is 2.15. The van der Waals surface area contributed by atoms with Crippen LogP contribution in [0.25, 0.3) is 11.4 Å². The summed E-state index contributed by atoms with van der Waals surface area (Å²) >= 11 is 8.65. The van der Waals surface area contributed by atoms with Gasteiger partial charge in [-0.1, -0.05) is 53.6 Å². The highest BCUT2D eigenvalue weighted by Crippen LogP contribution is 2.20. The van der Waals surface area contributed by atoms with Crippen LogP contribution in [0.3, 0.4) is 0 Å². The van der Waals surface area contributed by atoms with Crippen LogP contribution in [0.2, 0.25) is 0 Å². The predicted octanol–water partition coefficient (Wildman–Crippen LogP) is 4.52. The first-order valence-corrected chi connectivity index (χ1v) is 6.75. The number of benzene rings is 1. The zero-order valence-corrected chi connectivity index (χ0v) is 11.9. The van der Waals surface area contributed by atoms with Gasteiger partial charge in [0.2, 0.25) is 0 Å². The Bertz CT molecular complexity index is 578. The molecule has 4 heteroatoms. The maximum Gasteiger partial charge on any atom is 0.139 e. The normalized spacial score (nSPS) is 10.5. The zero-order chi connectivity index (χ0) is 12.3. The molecule has 0 atom stereocenters. The molecule has 0 fully saturated rings. The molecular formula is C13H13BrN2S. The monoisotopic (exact) mass is 308 g/mol. The minimum atomic E-state index is 0.641. The van der Waals surface area contributed by atoms with Gasteiger partial charge in [-0.15, -0.1) is 0 Å². The third-order valence-electron chi connectivity index (χ3n) is 2.42. The number of aromatic nitrogens is 2. The number of hydrogen-bond acceptors (Lipinski definition) is 2. The average molecular weight is 309 g/mol. The van der Waals surface area contributed by atoms with Crippen LogP contribution in [0.1, 0.15) is 19.0 Å². The quantitative estimate of drug-likeness (QED) is 0.844. The Labute approximate surface area is 114 Å². The smallest absolute Gasteiger partial charge is 0.139 e. The first-order chi connectivity index (χ1) is 8.19. The van der Waals surface area contributed by atoms with Gasteiger partial charge in [0.1, 0.15) is 10.5 Å². The van der Waals surface area contributed by atoms with Gasteiger partial charge in [-0.2, -0.15) is 0 Å². The van der Waals surface area contributed by atoms with E-state index in [2.05, 4.69) is 32.8 Å². The second kappa shape index (κ2) is 5.56. The van der Waals surface area contributed by atoms with Crippen LogP contribution in [0, 0.1) is 4.64 Å². The van der Waals surface area contributed by atoms with E-state index in [1.54, 1.807) is 0 Å². The maximum atomic E-state index is 5.19. The van der Waals surface area contributed by atoms with E-state index in [-0.39, 0.29) is 0 Å². The van der Waals surface area contributed by atoms with Crippen molar-refractivity contribution in [2.75, 3.05) is 0 Å². The topological polar surface area (TPSA) is 28.7 Å². The van der Waals surface area contributed by atoms with E-state index in [0.29, 0.717) is 4.64 Å². The highest BCUT2D eigenvalue weighted by atomic mass is 79.9. The molecule has 1 aromatic carbocycles. The molecular weight excluding hydrogens is 296 g/mol. The van der Waals surface area contributed by atoms with Gasteiger partial charge in [0, 0.05) is 15.7 Å². The van der Waals surface area contributed by atoms with Gasteiger partial charge in [0.25, 0.3) is 0 Å². The van der Waals surface area contributed by atoms with Gasteiger partial charge in [-0.25, -0.2) is 4.98 Å². The van der Waals surface area contributed by atoms with Crippen LogP contribution in [-0.2, 0) is 6.42 Å². The molecule has 2 aromatic rings. The Kier molecular flexibility index (Phi) is 4.07. The number of halogens is 1. The van der Waals surface area contributed by atoms with Crippen LogP contribution in [0.15, 0.2) is 34.8 Å². The van der Waals surface area contributed by atoms with Gasteiger partial charge in [0.05, 0.1) is 0 Å². The molecule has 1 N–H and O–H groups in total. The molecule has 0 unspecified atom stereocenters. The molecule has 0 saturated heterocycles. The summed E-state index contributed by atoms with van der Waals surface area (Å²) in [6, 6.07) is 9.97. The number of hydrogen-bond donors (Lipinski definition) is 1. The lowest BCUT2D eigenvalue weighted by molar-refractivity contribution is 0.873. The van der Waals surface area contributed by atoms with Crippen molar-refractivity contribution in [2.45, 2.75) is 19.8 Å². The summed E-state index contributed by atoms with van der Waals surface area (Å²) in [4.78, 5) is 7.70. The van der Waals surface area contributed by atoms with Crippen molar-refractivity contribution in [3.8, 4) is 11.4 Å². The number of nitrogens with zero attached hydrogens (tertiary/aromatic N) is 1. The lowest BCUT2D eigenvalue weighted by Crippen LogP contribution is -1.95. The molecule has 0 amide bonds. The van der Waals surface area contributed by atoms with Crippen molar-refractivity contribution in [3.63, 3.8) is 0 Å². The Hall–Kier alpha value is -1.00. The fraction of sp³-hybridized carbons (Fsp3) is 0.231. The van der Waals surface area contributed by atoms with E-state index in [9.17, 15) is 0 Å². The third kappa shape index (κ3) is 3.23. The molecule has 17 heavy (non-hydrogen) atoms. The van der Waals surface area contributed by atoms with E-state index in [1.807, 2.05) is 30.3 Å². The van der Waals surface area contributed by atoms with Crippen molar-refractivity contribution in [1.29, 1.82) is 0 Å². The second-order valence-corrected chi connectivity index (χ2v) is 5.19. The Balaban J connectivity index is 2.48. The van der Waals surface area contributed by atoms with Gasteiger partial charge in [-0.3, -0.25) is 0 Å². The predicted molar refractivity (Wildman–Crippen MR) is 76.6 cm³/mol. The lowest BCUT2D eigenvalue weighted by atomic mass is 10.2. The number of aryl methyl sites for hydroxylation is 1. The van der Waals surface area contributed by atoms with E-state index in [1.165, 1.54) is 0 Å². The zero-order valence-electron chi connectivity index (χ0n) is 9.53. The Morgan fingerprint density at radius 3 is 2.88 bits per heavy atom. The number of rotatable bonds is 3. The van der Waals surface area contributed by atoms with Crippen LogP contribution < -0.4 is 0 Å². The lowest BCUT2D eigenvalue weighted by Gasteiger charge is -2.05. The van der Waals surface area contributed by atoms with Crippen molar-refractivity contribution in [2.24, 2.45) is 0 Å². The van der Waals surface area contributed by atoms with Gasteiger partial charge >= 0.3 is 0 Å². The first-order valence-electron chi connectivity index (χ1n) is 5.55. The molecule has 1 aromatic heterocycles. The second-order valence-electron chi connectivity index (χ2n) is 3.85. The molecule has 0 aliphatic rings. The molecule has 88 valence electrons. The SMILES string of the molecule is CCCc1cc(=S)nc(-c2cccc(Br)c2)[nH]1. The van der Waals surface area contributed by atoms with Crippen molar-refractivity contribution >= 4 is 28.1 Å². The summed E-state index contributed by atoms with van der Waals surface area (Å²) < 4.78 is 1.68. The van der Waals surface area contributed by atoms with E-state index in [4.69, 9.17) is 12.2 Å². The summed E-state index contributed by atoms with van der Waals surface area (Å²) in [7, 11) is 0. The van der Waals surface area contributed by atoms with Crippen LogP contribution in [-0.4, -0.2) is 9.97 Å². The van der Waals surface area contributed by atoms with Gasteiger partial charge < -0.3 is 4.98 Å². The molecule has 0 saturated carbocycles. The van der Waals surface area contributed by atoms with E-state index < -0.39 is 0 Å². The molecule has 2 nitrogen and oxygen atoms in total. The molecule has 0 bridgehead atoms. The fourth-order valence-electron chi connectivity index (χ4n) is 1.68. The molecule has 0 spiro atoms. The van der Waals surface area contributed by atoms with Gasteiger partial charge in [-0.05, 0) is 24.6 Å². The summed E-state index contributed by atoms with van der Waals surface area (Å²) in [5.41, 5.74) is 2.19. The standard InChI is InChI=1S/C13H13BrN2S/c1-2-4-11-8-12(17)16-13(15-11)9-5-3-6-10(14)7-9/h3,5-8H,2,4H2,1H3,(H,15,16,17). The average Bonchev–Trinajstić information content (AvgIpc) is 2.28. The fourth-order valence-corrected chi connectivity index (χ4v) is 2.32. The largest absolute Gasteiger partial charge is 0.343 e. The number of nitrogens with one attached hydrogen (secondary N) is 1. The van der Waals surface area contributed by atoms with E-state index in [0.717, 1.165) is 34.4 Å². The first kappa shape index (κ1) is 12.5. The maximum absolute atomic E-state index is 5.19. The highest BCUT2D eigenvalue weighted by molar-refractivity contribution is 9.10. The molecule has 0 aliphatic heterocycles. The summed E-state index contributed by atoms with van der Waals surface area (Å²) in [6.07, 6.45) is 2.08. The van der Waals surface area contributed by atoms with Crippen LogP contribution in [0.4, 0.5) is 0 Å². The van der Waals surface area contributed by atoms with E-state index >= 15 is 0 Å². The summed E-state index contributed by atoms with van der Waals surface area (Å²) in [5, 5.41) is 0. The van der Waals surface area contributed by atoms with Gasteiger partial charge in [0.15, 0.2) is 0 Å². The van der Waals surface area contributed by atoms with Crippen molar-refractivity contribution < 1.29 is 0 Å². The Morgan fingerprint density at radius 2 is 2.18 bits per heavy atom. The summed E-state index contributed by atoms with van der Waals surface area (Å²) in [5.74, 6) is 0.835. The minimum Gasteiger partial charge on any atom is -0.343 e.